The molecule has 1 aromatic rings. The molecule has 0 saturated heterocycles. The molecule has 0 spiro atoms. The molecule has 5 N–H and O–H groups in total. The molecule has 29 heavy (non-hydrogen) atoms. The number of nitrogens with two attached hydrogens (primary N) is 1. The van der Waals surface area contributed by atoms with E-state index >= 15 is 0 Å². The first-order chi connectivity index (χ1) is 15.8. The number of Topliss-reactive ketones (excluding diaryl/α,β-unsaturated/α-hetero) is 4. The zero-order valence-electron chi connectivity index (χ0n) is 20.9. The van der Waals surface area contributed by atoms with Gasteiger partial charge in [0.05, 0.1) is 21.2 Å². The van der Waals surface area contributed by atoms with Gasteiger partial charge in [-0.25, -0.2) is 0 Å². The summed E-state index contributed by atoms with van der Waals surface area (Å²) < 4.78 is 49.1. The predicted molar refractivity (Wildman–Crippen MR) is 94.4 cm³/mol. The van der Waals surface area contributed by atoms with E-state index in [9.17, 15) is 39.3 Å². The lowest BCUT2D eigenvalue weighted by molar-refractivity contribution is -0.182. The molecule has 2 fully saturated rings. The molecule has 1 aromatic carbocycles. The molecule has 9 heteroatoms. The van der Waals surface area contributed by atoms with Gasteiger partial charge in [-0.05, 0) is 25.0 Å². The van der Waals surface area contributed by atoms with Crippen molar-refractivity contribution >= 4 is 29.0 Å². The standard InChI is InChI=1S/C20H19NO8/c1-19(28)8-3-2-4-10(22)12(8)15(24)13-9(19)5-7-6-11(23)14(18(21)27)17(26)20(7,29)16(13)25/h2-4,7,9,13-14,22,28-29H,5-6H2,1H3,(H2,21,27)/t7?,9?,13?,14?,19-,20+/m1/s1/i2D,3D,4D,6D2,9D. The van der Waals surface area contributed by atoms with E-state index in [4.69, 9.17) is 14.0 Å². The van der Waals surface area contributed by atoms with Crippen molar-refractivity contribution in [3.8, 4) is 5.75 Å². The highest BCUT2D eigenvalue weighted by atomic mass is 16.3. The van der Waals surface area contributed by atoms with Crippen molar-refractivity contribution in [2.75, 3.05) is 0 Å². The number of carbonyl (C=O) groups excluding carboxylic acids is 5. The van der Waals surface area contributed by atoms with Gasteiger partial charge in [0.1, 0.15) is 5.75 Å². The van der Waals surface area contributed by atoms with Crippen LogP contribution < -0.4 is 5.73 Å². The topological polar surface area (TPSA) is 172 Å². The molecule has 0 radical (unpaired) electrons. The quantitative estimate of drug-likeness (QED) is 0.429. The Morgan fingerprint density at radius 3 is 2.55 bits per heavy atom. The zero-order chi connectivity index (χ0) is 26.8. The Hall–Kier alpha value is -2.91. The molecule has 6 atom stereocenters. The van der Waals surface area contributed by atoms with E-state index < -0.39 is 112 Å². The third-order valence-electron chi connectivity index (χ3n) is 5.89. The fourth-order valence-corrected chi connectivity index (χ4v) is 4.40. The molecule has 4 rings (SSSR count). The number of rotatable bonds is 1. The summed E-state index contributed by atoms with van der Waals surface area (Å²) in [5.74, 6) is -19.6. The summed E-state index contributed by atoms with van der Waals surface area (Å²) in [5, 5.41) is 33.1. The van der Waals surface area contributed by atoms with E-state index in [0.29, 0.717) is 0 Å². The maximum Gasteiger partial charge on any atom is 0.235 e. The number of carbonyl (C=O) groups is 5. The van der Waals surface area contributed by atoms with Crippen LogP contribution >= 0.6 is 0 Å². The average molecular weight is 407 g/mol. The largest absolute Gasteiger partial charge is 0.507 e. The molecule has 4 unspecified atom stereocenters. The van der Waals surface area contributed by atoms with Gasteiger partial charge in [-0.3, -0.25) is 24.0 Å². The van der Waals surface area contributed by atoms with Crippen molar-refractivity contribution in [2.45, 2.75) is 30.9 Å². The molecule has 0 aliphatic heterocycles. The van der Waals surface area contributed by atoms with E-state index in [2.05, 4.69) is 0 Å². The van der Waals surface area contributed by atoms with Crippen LogP contribution in [0.15, 0.2) is 18.1 Å². The highest BCUT2D eigenvalue weighted by Crippen LogP contribution is 2.55. The Bertz CT molecular complexity index is 1290. The molecular formula is C20H19NO8. The van der Waals surface area contributed by atoms with Gasteiger partial charge in [-0.1, -0.05) is 12.1 Å². The van der Waals surface area contributed by atoms with Gasteiger partial charge in [0.25, 0.3) is 0 Å². The SMILES string of the molecule is [2H]c1c([2H])c(O)c2c(c1[2H])[C@@](C)(O)C1([2H])CC3C([2H])([2H])C(=O)C(C(N)=O)C(=O)[C@@]3(O)C(=O)C1C2=O. The average Bonchev–Trinajstić information content (AvgIpc) is 2.74. The van der Waals surface area contributed by atoms with Crippen molar-refractivity contribution in [1.82, 2.24) is 0 Å². The van der Waals surface area contributed by atoms with Crippen molar-refractivity contribution in [2.24, 2.45) is 29.4 Å². The highest BCUT2D eigenvalue weighted by molar-refractivity contribution is 6.31. The van der Waals surface area contributed by atoms with Crippen LogP contribution in [0.4, 0.5) is 0 Å². The molecule has 152 valence electrons. The summed E-state index contributed by atoms with van der Waals surface area (Å²) >= 11 is 0. The minimum Gasteiger partial charge on any atom is -0.507 e. The second-order valence-corrected chi connectivity index (χ2v) is 7.46. The Morgan fingerprint density at radius 2 is 1.93 bits per heavy atom. The number of ketones is 4. The lowest BCUT2D eigenvalue weighted by Gasteiger charge is -2.52. The van der Waals surface area contributed by atoms with E-state index in [1.165, 1.54) is 0 Å². The molecule has 3 aliphatic rings. The Kier molecular flexibility index (Phi) is 2.67. The smallest absolute Gasteiger partial charge is 0.235 e. The summed E-state index contributed by atoms with van der Waals surface area (Å²) in [4.78, 5) is 64.5. The summed E-state index contributed by atoms with van der Waals surface area (Å²) in [6.45, 7) is 0.866. The van der Waals surface area contributed by atoms with Crippen LogP contribution in [0.3, 0.4) is 0 Å². The first kappa shape index (κ1) is 13.3. The molecule has 2 saturated carbocycles. The van der Waals surface area contributed by atoms with Crippen LogP contribution in [0.1, 0.15) is 43.9 Å². The lowest BCUT2D eigenvalue weighted by atomic mass is 9.51. The number of hydrogen-bond acceptors (Lipinski definition) is 8. The van der Waals surface area contributed by atoms with Crippen LogP contribution in [0, 0.1) is 23.6 Å². The molecule has 1 amide bonds. The zero-order valence-corrected chi connectivity index (χ0v) is 14.9. The predicted octanol–water partition coefficient (Wildman–Crippen LogP) is -1.01. The van der Waals surface area contributed by atoms with Crippen LogP contribution in [0.5, 0.6) is 5.75 Å². The van der Waals surface area contributed by atoms with E-state index in [1.54, 1.807) is 0 Å². The van der Waals surface area contributed by atoms with Gasteiger partial charge >= 0.3 is 0 Å². The molecule has 3 aliphatic carbocycles. The number of phenolic OH excluding ortho intramolecular Hbond substituents is 1. The highest BCUT2D eigenvalue weighted by Gasteiger charge is 2.68. The molecule has 0 heterocycles. The van der Waals surface area contributed by atoms with E-state index in [0.717, 1.165) is 6.92 Å². The van der Waals surface area contributed by atoms with Gasteiger partial charge in [0.2, 0.25) is 5.91 Å². The van der Waals surface area contributed by atoms with Crippen LogP contribution in [-0.4, -0.2) is 50.0 Å². The normalized spacial score (nSPS) is 46.1. The van der Waals surface area contributed by atoms with Crippen LogP contribution in [0.25, 0.3) is 0 Å². The number of primary amides is 1. The third kappa shape index (κ3) is 2.25. The summed E-state index contributed by atoms with van der Waals surface area (Å²) in [6.07, 6.45) is -4.43. The summed E-state index contributed by atoms with van der Waals surface area (Å²) in [5.41, 5.74) is -2.87. The van der Waals surface area contributed by atoms with Crippen molar-refractivity contribution in [3.05, 3.63) is 29.3 Å². The minimum absolute atomic E-state index is 0.769. The fourth-order valence-electron chi connectivity index (χ4n) is 4.40. The van der Waals surface area contributed by atoms with E-state index in [1.807, 2.05) is 0 Å². The minimum atomic E-state index is -3.46. The maximum atomic E-state index is 13.6. The first-order valence-corrected chi connectivity index (χ1v) is 8.55. The second-order valence-electron chi connectivity index (χ2n) is 7.46. The van der Waals surface area contributed by atoms with Crippen molar-refractivity contribution in [3.63, 3.8) is 0 Å². The number of hydrogen-bond donors (Lipinski definition) is 4. The summed E-state index contributed by atoms with van der Waals surface area (Å²) in [7, 11) is 0. The number of benzene rings is 1. The Labute approximate surface area is 172 Å². The monoisotopic (exact) mass is 407 g/mol. The third-order valence-corrected chi connectivity index (χ3v) is 5.89. The maximum absolute atomic E-state index is 13.6. The molecular weight excluding hydrogens is 382 g/mol. The number of phenols is 1. The molecule has 9 nitrogen and oxygen atoms in total. The molecule has 0 aromatic heterocycles. The number of amides is 1. The van der Waals surface area contributed by atoms with Crippen LogP contribution in [0.2, 0.25) is 0 Å². The van der Waals surface area contributed by atoms with Gasteiger partial charge in [0.15, 0.2) is 34.7 Å². The Balaban J connectivity index is 2.07. The number of aliphatic hydroxyl groups is 2. The first-order valence-electron chi connectivity index (χ1n) is 11.6. The van der Waals surface area contributed by atoms with Crippen LogP contribution in [-0.2, 0) is 24.8 Å². The lowest BCUT2D eigenvalue weighted by Crippen LogP contribution is -2.69. The van der Waals surface area contributed by atoms with Gasteiger partial charge in [-0.2, -0.15) is 0 Å². The second kappa shape index (κ2) is 5.80. The Morgan fingerprint density at radius 1 is 1.28 bits per heavy atom. The van der Waals surface area contributed by atoms with Crippen molar-refractivity contribution in [1.29, 1.82) is 0 Å². The van der Waals surface area contributed by atoms with Crippen molar-refractivity contribution < 1.29 is 47.5 Å². The van der Waals surface area contributed by atoms with E-state index in [-0.39, 0.29) is 0 Å². The van der Waals surface area contributed by atoms with Gasteiger partial charge < -0.3 is 21.1 Å². The molecule has 0 bridgehead atoms. The summed E-state index contributed by atoms with van der Waals surface area (Å²) in [6, 6.07) is -2.80. The number of fused-ring (bicyclic) bond motifs is 3. The number of aromatic hydroxyl groups is 1. The fraction of sp³-hybridized carbons (Fsp3) is 0.450. The van der Waals surface area contributed by atoms with Gasteiger partial charge in [0, 0.05) is 22.3 Å². The van der Waals surface area contributed by atoms with Gasteiger partial charge in [-0.15, -0.1) is 0 Å².